The third-order valence-electron chi connectivity index (χ3n) is 7.06. The molecule has 4 heteroatoms. The fourth-order valence-electron chi connectivity index (χ4n) is 5.09. The van der Waals surface area contributed by atoms with E-state index in [9.17, 15) is 5.11 Å². The quantitative estimate of drug-likeness (QED) is 0.282. The molecular weight excluding hydrogens is 454 g/mol. The lowest BCUT2D eigenvalue weighted by molar-refractivity contribution is 0.172. The molecule has 0 aliphatic heterocycles. The third-order valence-corrected chi connectivity index (χ3v) is 7.06. The summed E-state index contributed by atoms with van der Waals surface area (Å²) < 4.78 is 0. The molecule has 0 radical (unpaired) electrons. The summed E-state index contributed by atoms with van der Waals surface area (Å²) in [5.41, 5.74) is 9.48. The lowest BCUT2D eigenvalue weighted by Crippen LogP contribution is -2.38. The van der Waals surface area contributed by atoms with Gasteiger partial charge >= 0.3 is 0 Å². The maximum Gasteiger partial charge on any atom is 0.115 e. The van der Waals surface area contributed by atoms with Crippen LogP contribution in [0.2, 0.25) is 0 Å². The molecule has 6 atom stereocenters. The summed E-state index contributed by atoms with van der Waals surface area (Å²) in [6, 6.07) is 14.8. The zero-order valence-electron chi connectivity index (χ0n) is 23.4. The molecule has 4 rings (SSSR count). The van der Waals surface area contributed by atoms with Crippen molar-refractivity contribution in [3.8, 4) is 0 Å². The van der Waals surface area contributed by atoms with Gasteiger partial charge in [-0.3, -0.25) is 4.98 Å². The smallest absolute Gasteiger partial charge is 0.115 e. The van der Waals surface area contributed by atoms with E-state index in [0.717, 1.165) is 36.8 Å². The number of aliphatic hydroxyl groups is 1. The molecule has 5 unspecified atom stereocenters. The van der Waals surface area contributed by atoms with Crippen LogP contribution in [0.5, 0.6) is 0 Å². The van der Waals surface area contributed by atoms with Crippen LogP contribution in [0.25, 0.3) is 6.08 Å². The first-order valence-corrected chi connectivity index (χ1v) is 14.1. The predicted octanol–water partition coefficient (Wildman–Crippen LogP) is 7.21. The Bertz CT molecular complexity index is 945. The predicted molar refractivity (Wildman–Crippen MR) is 161 cm³/mol. The number of nitrogens with zero attached hydrogens (tertiary/aromatic N) is 1. The first-order chi connectivity index (χ1) is 18.0. The van der Waals surface area contributed by atoms with E-state index in [2.05, 4.69) is 93.1 Å². The lowest BCUT2D eigenvalue weighted by atomic mass is 9.71. The van der Waals surface area contributed by atoms with E-state index in [1.807, 2.05) is 12.1 Å². The lowest BCUT2D eigenvalue weighted by Gasteiger charge is -2.35. The average Bonchev–Trinajstić information content (AvgIpc) is 3.71. The van der Waals surface area contributed by atoms with Crippen LogP contribution in [0.15, 0.2) is 85.2 Å². The van der Waals surface area contributed by atoms with Crippen LogP contribution in [0.3, 0.4) is 0 Å². The van der Waals surface area contributed by atoms with E-state index < -0.39 is 6.23 Å². The van der Waals surface area contributed by atoms with Crippen LogP contribution in [0.4, 0.5) is 0 Å². The summed E-state index contributed by atoms with van der Waals surface area (Å²) in [5.74, 6) is 3.12. The SMILES string of the molecule is C=Cc1cccnc1.CCC.CCC(CNCC(N)O)[C@@H](CC)C(C1=CC2CC2C=C1)c1ccccc1.[HH]. The van der Waals surface area contributed by atoms with Crippen molar-refractivity contribution in [1.29, 1.82) is 0 Å². The highest BCUT2D eigenvalue weighted by atomic mass is 16.3. The highest BCUT2D eigenvalue weighted by molar-refractivity contribution is 5.44. The van der Waals surface area contributed by atoms with Crippen LogP contribution in [-0.2, 0) is 0 Å². The highest BCUT2D eigenvalue weighted by Crippen LogP contribution is 2.49. The number of aliphatic hydroxyl groups excluding tert-OH is 1. The molecule has 37 heavy (non-hydrogen) atoms. The topological polar surface area (TPSA) is 71.2 Å². The van der Waals surface area contributed by atoms with Gasteiger partial charge in [0.15, 0.2) is 0 Å². The van der Waals surface area contributed by atoms with Gasteiger partial charge in [-0.15, -0.1) is 0 Å². The maximum absolute atomic E-state index is 9.36. The molecule has 0 amide bonds. The molecule has 2 aromatic rings. The number of nitrogens with two attached hydrogens (primary N) is 1. The molecule has 0 spiro atoms. The standard InChI is InChI=1S/C23H34N2O.C7H7N.C3H8.H2/c1-3-16(14-25-15-22(24)26)21(4-2)23(17-8-6-5-7-9-17)19-11-10-18-12-20(18)13-19;1-2-7-4-3-5-8-6-7;1-3-2;/h5-11,13,16,18,20-23,25-26H,3-4,12,14-15,24H2,1-2H3;2-6H,1H2;3H2,1-2H3;1H/t16?,18?,20?,21-,22?,23?;;;/m1.../s1. The van der Waals surface area contributed by atoms with Crippen molar-refractivity contribution in [2.45, 2.75) is 65.5 Å². The van der Waals surface area contributed by atoms with Crippen molar-refractivity contribution in [3.05, 3.63) is 96.4 Å². The number of pyridine rings is 1. The molecule has 0 bridgehead atoms. The molecule has 4 nitrogen and oxygen atoms in total. The van der Waals surface area contributed by atoms with Gasteiger partial charge in [0, 0.05) is 26.3 Å². The Morgan fingerprint density at radius 2 is 1.81 bits per heavy atom. The summed E-state index contributed by atoms with van der Waals surface area (Å²) in [5, 5.41) is 12.7. The monoisotopic (exact) mass is 505 g/mol. The molecule has 1 aromatic carbocycles. The summed E-state index contributed by atoms with van der Waals surface area (Å²) in [7, 11) is 0. The fourth-order valence-corrected chi connectivity index (χ4v) is 5.09. The van der Waals surface area contributed by atoms with Crippen LogP contribution >= 0.6 is 0 Å². The molecule has 4 N–H and O–H groups in total. The summed E-state index contributed by atoms with van der Waals surface area (Å²) in [4.78, 5) is 3.88. The minimum atomic E-state index is -0.784. The van der Waals surface area contributed by atoms with Crippen molar-refractivity contribution in [3.63, 3.8) is 0 Å². The third kappa shape index (κ3) is 10.4. The van der Waals surface area contributed by atoms with Gasteiger partial charge in [-0.25, -0.2) is 0 Å². The van der Waals surface area contributed by atoms with Crippen molar-refractivity contribution in [2.24, 2.45) is 29.4 Å². The highest BCUT2D eigenvalue weighted by Gasteiger charge is 2.38. The van der Waals surface area contributed by atoms with E-state index in [1.54, 1.807) is 18.5 Å². The fraction of sp³-hybridized carbons (Fsp3) is 0.485. The minimum absolute atomic E-state index is 0. The van der Waals surface area contributed by atoms with Gasteiger partial charge in [0.1, 0.15) is 6.23 Å². The number of fused-ring (bicyclic) bond motifs is 1. The normalized spacial score (nSPS) is 20.4. The first-order valence-electron chi connectivity index (χ1n) is 14.1. The molecular formula is C33H51N3O. The second-order valence-electron chi connectivity index (χ2n) is 10.1. The van der Waals surface area contributed by atoms with Crippen LogP contribution in [0.1, 0.15) is 71.8 Å². The summed E-state index contributed by atoms with van der Waals surface area (Å²) in [6.07, 6.45) is 16.7. The zero-order valence-corrected chi connectivity index (χ0v) is 23.4. The zero-order chi connectivity index (χ0) is 27.0. The Hall–Kier alpha value is -2.53. The minimum Gasteiger partial charge on any atom is -0.377 e. The molecule has 0 saturated heterocycles. The number of aromatic nitrogens is 1. The summed E-state index contributed by atoms with van der Waals surface area (Å²) in [6.45, 7) is 13.8. The average molecular weight is 506 g/mol. The van der Waals surface area contributed by atoms with Crippen molar-refractivity contribution >= 4 is 6.08 Å². The van der Waals surface area contributed by atoms with Crippen LogP contribution in [-0.4, -0.2) is 29.4 Å². The van der Waals surface area contributed by atoms with E-state index >= 15 is 0 Å². The Balaban J connectivity index is 0.000000505. The van der Waals surface area contributed by atoms with Crippen LogP contribution in [0, 0.1) is 23.7 Å². The van der Waals surface area contributed by atoms with Crippen molar-refractivity contribution in [1.82, 2.24) is 10.3 Å². The van der Waals surface area contributed by atoms with E-state index in [1.165, 1.54) is 24.0 Å². The number of hydrogen-bond acceptors (Lipinski definition) is 4. The second-order valence-corrected chi connectivity index (χ2v) is 10.1. The van der Waals surface area contributed by atoms with E-state index in [0.29, 0.717) is 24.3 Å². The number of rotatable bonds is 11. The Morgan fingerprint density at radius 1 is 1.08 bits per heavy atom. The Labute approximate surface area is 227 Å². The molecule has 2 aliphatic carbocycles. The van der Waals surface area contributed by atoms with Crippen LogP contribution < -0.4 is 11.1 Å². The molecule has 1 fully saturated rings. The van der Waals surface area contributed by atoms with Gasteiger partial charge in [0.05, 0.1) is 0 Å². The van der Waals surface area contributed by atoms with E-state index in [-0.39, 0.29) is 1.43 Å². The number of allylic oxidation sites excluding steroid dienone is 4. The first kappa shape index (κ1) is 30.7. The number of nitrogens with one attached hydrogen (secondary N) is 1. The van der Waals surface area contributed by atoms with Crippen molar-refractivity contribution in [2.75, 3.05) is 13.1 Å². The largest absolute Gasteiger partial charge is 0.377 e. The molecule has 2 aliphatic rings. The van der Waals surface area contributed by atoms with Gasteiger partial charge < -0.3 is 16.2 Å². The molecule has 1 heterocycles. The molecule has 204 valence electrons. The number of hydrogen-bond donors (Lipinski definition) is 3. The van der Waals surface area contributed by atoms with E-state index in [4.69, 9.17) is 5.73 Å². The van der Waals surface area contributed by atoms with Gasteiger partial charge in [-0.1, -0.05) is 114 Å². The Kier molecular flexibility index (Phi) is 14.2. The molecule has 1 saturated carbocycles. The van der Waals surface area contributed by atoms with Gasteiger partial charge in [0.2, 0.25) is 0 Å². The Morgan fingerprint density at radius 3 is 2.32 bits per heavy atom. The second kappa shape index (κ2) is 17.1. The van der Waals surface area contributed by atoms with Gasteiger partial charge in [-0.2, -0.15) is 0 Å². The van der Waals surface area contributed by atoms with Crippen molar-refractivity contribution < 1.29 is 6.53 Å². The van der Waals surface area contributed by atoms with Gasteiger partial charge in [0.25, 0.3) is 0 Å². The molecule has 1 aromatic heterocycles. The summed E-state index contributed by atoms with van der Waals surface area (Å²) >= 11 is 0. The van der Waals surface area contributed by atoms with Gasteiger partial charge in [-0.05, 0) is 59.4 Å². The number of benzene rings is 1. The maximum atomic E-state index is 9.36.